The largest absolute Gasteiger partial charge is 0.321 e. The molecule has 1 saturated heterocycles. The minimum absolute atomic E-state index is 0.0707. The maximum Gasteiger partial charge on any atom is 0.255 e. The Morgan fingerprint density at radius 1 is 0.828 bits per heavy atom. The van der Waals surface area contributed by atoms with E-state index in [1.54, 1.807) is 71.6 Å². The summed E-state index contributed by atoms with van der Waals surface area (Å²) >= 11 is 0. The number of hydrogen-bond donors (Lipinski definition) is 1. The highest BCUT2D eigenvalue weighted by molar-refractivity contribution is 6.15. The second-order valence-electron chi connectivity index (χ2n) is 6.89. The Labute approximate surface area is 169 Å². The number of carbonyl (C=O) groups excluding carboxylic acids is 3. The predicted molar refractivity (Wildman–Crippen MR) is 112 cm³/mol. The topological polar surface area (TPSA) is 66.5 Å². The van der Waals surface area contributed by atoms with Gasteiger partial charge in [0.15, 0.2) is 5.78 Å². The molecule has 1 heterocycles. The highest BCUT2D eigenvalue weighted by Gasteiger charge is 2.22. The lowest BCUT2D eigenvalue weighted by Gasteiger charge is -2.16. The smallest absolute Gasteiger partial charge is 0.255 e. The van der Waals surface area contributed by atoms with Crippen molar-refractivity contribution in [2.45, 2.75) is 12.8 Å². The van der Waals surface area contributed by atoms with Crippen LogP contribution in [0.5, 0.6) is 0 Å². The third kappa shape index (κ3) is 3.94. The first-order valence-electron chi connectivity index (χ1n) is 9.54. The third-order valence-corrected chi connectivity index (χ3v) is 4.95. The fourth-order valence-electron chi connectivity index (χ4n) is 3.47. The summed E-state index contributed by atoms with van der Waals surface area (Å²) in [6.45, 7) is 0.665. The van der Waals surface area contributed by atoms with E-state index in [1.807, 2.05) is 12.1 Å². The Morgan fingerprint density at radius 2 is 1.55 bits per heavy atom. The van der Waals surface area contributed by atoms with Crippen molar-refractivity contribution in [3.05, 3.63) is 95.6 Å². The number of ketones is 1. The van der Waals surface area contributed by atoms with Gasteiger partial charge in [0.05, 0.1) is 5.69 Å². The summed E-state index contributed by atoms with van der Waals surface area (Å²) in [4.78, 5) is 39.4. The zero-order valence-corrected chi connectivity index (χ0v) is 15.8. The fourth-order valence-corrected chi connectivity index (χ4v) is 3.47. The lowest BCUT2D eigenvalue weighted by atomic mass is 10.0. The zero-order valence-electron chi connectivity index (χ0n) is 15.8. The van der Waals surface area contributed by atoms with Crippen LogP contribution in [0.4, 0.5) is 11.4 Å². The van der Waals surface area contributed by atoms with Gasteiger partial charge in [-0.05, 0) is 36.8 Å². The first-order valence-corrected chi connectivity index (χ1v) is 9.54. The van der Waals surface area contributed by atoms with Crippen LogP contribution in [0.25, 0.3) is 0 Å². The Balaban J connectivity index is 1.58. The van der Waals surface area contributed by atoms with Crippen LogP contribution in [0.2, 0.25) is 0 Å². The van der Waals surface area contributed by atoms with Gasteiger partial charge in [0, 0.05) is 35.3 Å². The van der Waals surface area contributed by atoms with Gasteiger partial charge < -0.3 is 10.2 Å². The number of rotatable bonds is 5. The molecule has 3 aromatic rings. The summed E-state index contributed by atoms with van der Waals surface area (Å²) in [5.41, 5.74) is 2.59. The average Bonchev–Trinajstić information content (AvgIpc) is 3.20. The van der Waals surface area contributed by atoms with E-state index in [0.717, 1.165) is 6.42 Å². The Hall–Kier alpha value is -3.73. The zero-order chi connectivity index (χ0) is 20.2. The number of benzene rings is 3. The van der Waals surface area contributed by atoms with Crippen LogP contribution < -0.4 is 10.2 Å². The van der Waals surface area contributed by atoms with E-state index in [0.29, 0.717) is 41.0 Å². The van der Waals surface area contributed by atoms with Crippen molar-refractivity contribution in [1.82, 2.24) is 0 Å². The molecule has 3 aromatic carbocycles. The molecule has 2 amide bonds. The molecule has 4 rings (SSSR count). The average molecular weight is 384 g/mol. The Morgan fingerprint density at radius 3 is 2.31 bits per heavy atom. The van der Waals surface area contributed by atoms with Crippen molar-refractivity contribution < 1.29 is 14.4 Å². The van der Waals surface area contributed by atoms with Gasteiger partial charge in [-0.15, -0.1) is 0 Å². The lowest BCUT2D eigenvalue weighted by Crippen LogP contribution is -2.24. The predicted octanol–water partition coefficient (Wildman–Crippen LogP) is 4.30. The summed E-state index contributed by atoms with van der Waals surface area (Å²) in [6.07, 6.45) is 1.36. The van der Waals surface area contributed by atoms with Crippen molar-refractivity contribution in [2.24, 2.45) is 0 Å². The van der Waals surface area contributed by atoms with Crippen LogP contribution in [0.15, 0.2) is 78.9 Å². The number of nitrogens with one attached hydrogen (secondary N) is 1. The standard InChI is InChI=1S/C24H20N2O3/c27-22-14-7-15-26(22)19-11-6-10-18(16-19)24(29)25-21-13-5-4-12-20(21)23(28)17-8-2-1-3-9-17/h1-6,8-13,16H,7,14-15H2,(H,25,29). The van der Waals surface area contributed by atoms with Crippen molar-refractivity contribution in [2.75, 3.05) is 16.8 Å². The summed E-state index contributed by atoms with van der Waals surface area (Å²) in [5, 5.41) is 2.84. The van der Waals surface area contributed by atoms with Crippen LogP contribution in [-0.4, -0.2) is 24.1 Å². The first kappa shape index (κ1) is 18.6. The maximum atomic E-state index is 12.9. The van der Waals surface area contributed by atoms with E-state index in [9.17, 15) is 14.4 Å². The monoisotopic (exact) mass is 384 g/mol. The van der Waals surface area contributed by atoms with Gasteiger partial charge in [0.25, 0.3) is 5.91 Å². The van der Waals surface area contributed by atoms with Crippen LogP contribution in [0.3, 0.4) is 0 Å². The molecular formula is C24H20N2O3. The normalized spacial score (nSPS) is 13.4. The number of amides is 2. The first-order chi connectivity index (χ1) is 14.1. The third-order valence-electron chi connectivity index (χ3n) is 4.95. The van der Waals surface area contributed by atoms with Gasteiger partial charge in [-0.3, -0.25) is 14.4 Å². The van der Waals surface area contributed by atoms with Crippen LogP contribution in [-0.2, 0) is 4.79 Å². The number of anilines is 2. The molecule has 0 radical (unpaired) electrons. The molecule has 0 unspecified atom stereocenters. The quantitative estimate of drug-likeness (QED) is 0.667. The summed E-state index contributed by atoms with van der Waals surface area (Å²) in [7, 11) is 0. The molecule has 29 heavy (non-hydrogen) atoms. The van der Waals surface area contributed by atoms with Gasteiger partial charge in [-0.2, -0.15) is 0 Å². The van der Waals surface area contributed by atoms with Crippen LogP contribution >= 0.6 is 0 Å². The second kappa shape index (κ2) is 8.10. The van der Waals surface area contributed by atoms with Gasteiger partial charge >= 0.3 is 0 Å². The molecule has 5 nitrogen and oxygen atoms in total. The summed E-state index contributed by atoms with van der Waals surface area (Å²) < 4.78 is 0. The molecule has 1 aliphatic heterocycles. The molecule has 144 valence electrons. The van der Waals surface area contributed by atoms with E-state index < -0.39 is 0 Å². The van der Waals surface area contributed by atoms with E-state index in [2.05, 4.69) is 5.32 Å². The van der Waals surface area contributed by atoms with Crippen LogP contribution in [0.1, 0.15) is 39.1 Å². The number of carbonyl (C=O) groups is 3. The molecule has 5 heteroatoms. The van der Waals surface area contributed by atoms with Gasteiger partial charge in [-0.25, -0.2) is 0 Å². The van der Waals surface area contributed by atoms with Gasteiger partial charge in [0.2, 0.25) is 5.91 Å². The molecule has 0 saturated carbocycles. The molecule has 1 fully saturated rings. The van der Waals surface area contributed by atoms with Crippen LogP contribution in [0, 0.1) is 0 Å². The van der Waals surface area contributed by atoms with Crippen molar-refractivity contribution >= 4 is 29.0 Å². The maximum absolute atomic E-state index is 12.9. The number of nitrogens with zero attached hydrogens (tertiary/aromatic N) is 1. The SMILES string of the molecule is O=C(Nc1ccccc1C(=O)c1ccccc1)c1cccc(N2CCCC2=O)c1. The Bertz CT molecular complexity index is 1080. The molecular weight excluding hydrogens is 364 g/mol. The van der Waals surface area contributed by atoms with E-state index in [4.69, 9.17) is 0 Å². The number of hydrogen-bond acceptors (Lipinski definition) is 3. The summed E-state index contributed by atoms with van der Waals surface area (Å²) in [5.74, 6) is -0.411. The minimum Gasteiger partial charge on any atom is -0.321 e. The molecule has 0 aromatic heterocycles. The highest BCUT2D eigenvalue weighted by atomic mass is 16.2. The molecule has 0 aliphatic carbocycles. The Kier molecular flexibility index (Phi) is 5.20. The molecule has 0 atom stereocenters. The van der Waals surface area contributed by atoms with E-state index in [1.165, 1.54) is 0 Å². The van der Waals surface area contributed by atoms with E-state index in [-0.39, 0.29) is 17.6 Å². The number of para-hydroxylation sites is 1. The van der Waals surface area contributed by atoms with Gasteiger partial charge in [0.1, 0.15) is 0 Å². The van der Waals surface area contributed by atoms with E-state index >= 15 is 0 Å². The molecule has 1 N–H and O–H groups in total. The molecule has 0 spiro atoms. The fraction of sp³-hybridized carbons (Fsp3) is 0.125. The second-order valence-corrected chi connectivity index (χ2v) is 6.89. The minimum atomic E-state index is -0.327. The molecule has 0 bridgehead atoms. The van der Waals surface area contributed by atoms with Gasteiger partial charge in [-0.1, -0.05) is 48.5 Å². The highest BCUT2D eigenvalue weighted by Crippen LogP contribution is 2.24. The van der Waals surface area contributed by atoms with Crippen molar-refractivity contribution in [3.8, 4) is 0 Å². The van der Waals surface area contributed by atoms with Crippen molar-refractivity contribution in [3.63, 3.8) is 0 Å². The summed E-state index contributed by atoms with van der Waals surface area (Å²) in [6, 6.07) is 22.9. The van der Waals surface area contributed by atoms with Crippen molar-refractivity contribution in [1.29, 1.82) is 0 Å². The molecule has 1 aliphatic rings. The lowest BCUT2D eigenvalue weighted by molar-refractivity contribution is -0.117.